The van der Waals surface area contributed by atoms with Gasteiger partial charge in [0, 0.05) is 36.2 Å². The fraction of sp³-hybridized carbons (Fsp3) is 0.259. The Kier molecular flexibility index (Phi) is 7.57. The average molecular weight is 497 g/mol. The van der Waals surface area contributed by atoms with Gasteiger partial charge in [-0.2, -0.15) is 0 Å². The standard InChI is InChI=1S/C27H26Cl2N2O3/c1-18-7-9-19(10-8-18)25(23-12-11-20(28)17-24(23)29)30-13-15-31(16-14-30)26(32)21-5-3-4-6-22(21)27(33)34-2/h3-12,17,25H,13-16H2,1-2H3. The molecule has 1 unspecified atom stereocenters. The first-order chi connectivity index (χ1) is 16.4. The van der Waals surface area contributed by atoms with Crippen LogP contribution in [0.15, 0.2) is 66.7 Å². The second kappa shape index (κ2) is 10.6. The number of aryl methyl sites for hydroxylation is 1. The molecule has 0 aromatic heterocycles. The Labute approximate surface area is 209 Å². The summed E-state index contributed by atoms with van der Waals surface area (Å²) in [5.41, 5.74) is 3.93. The molecule has 1 aliphatic heterocycles. The van der Waals surface area contributed by atoms with Crippen LogP contribution >= 0.6 is 23.2 Å². The molecule has 0 saturated carbocycles. The monoisotopic (exact) mass is 496 g/mol. The molecule has 176 valence electrons. The summed E-state index contributed by atoms with van der Waals surface area (Å²) in [6.45, 7) is 4.43. The maximum absolute atomic E-state index is 13.3. The van der Waals surface area contributed by atoms with Crippen molar-refractivity contribution in [3.05, 3.63) is 105 Å². The van der Waals surface area contributed by atoms with Crippen LogP contribution in [-0.2, 0) is 4.74 Å². The van der Waals surface area contributed by atoms with Crippen LogP contribution in [0.25, 0.3) is 0 Å². The van der Waals surface area contributed by atoms with E-state index in [-0.39, 0.29) is 17.5 Å². The van der Waals surface area contributed by atoms with Crippen molar-refractivity contribution in [3.8, 4) is 0 Å². The average Bonchev–Trinajstić information content (AvgIpc) is 2.86. The summed E-state index contributed by atoms with van der Waals surface area (Å²) in [7, 11) is 1.31. The zero-order valence-electron chi connectivity index (χ0n) is 19.1. The first-order valence-corrected chi connectivity index (χ1v) is 11.9. The predicted octanol–water partition coefficient (Wildman–Crippen LogP) is 5.64. The molecule has 1 aliphatic rings. The summed E-state index contributed by atoms with van der Waals surface area (Å²) >= 11 is 12.8. The van der Waals surface area contributed by atoms with Crippen molar-refractivity contribution in [1.29, 1.82) is 0 Å². The van der Waals surface area contributed by atoms with Gasteiger partial charge in [-0.1, -0.05) is 71.2 Å². The third-order valence-corrected chi connectivity index (χ3v) is 6.74. The molecule has 0 spiro atoms. The highest BCUT2D eigenvalue weighted by molar-refractivity contribution is 6.35. The summed E-state index contributed by atoms with van der Waals surface area (Å²) in [6.07, 6.45) is 0. The van der Waals surface area contributed by atoms with Crippen molar-refractivity contribution in [2.75, 3.05) is 33.3 Å². The molecule has 5 nitrogen and oxygen atoms in total. The van der Waals surface area contributed by atoms with Crippen LogP contribution in [0, 0.1) is 6.92 Å². The Morgan fingerprint density at radius 1 is 0.882 bits per heavy atom. The lowest BCUT2D eigenvalue weighted by Gasteiger charge is -2.40. The zero-order chi connectivity index (χ0) is 24.2. The molecule has 3 aromatic rings. The quantitative estimate of drug-likeness (QED) is 0.429. The van der Waals surface area contributed by atoms with E-state index in [4.69, 9.17) is 27.9 Å². The highest BCUT2D eigenvalue weighted by Crippen LogP contribution is 2.35. The van der Waals surface area contributed by atoms with E-state index in [2.05, 4.69) is 36.1 Å². The summed E-state index contributed by atoms with van der Waals surface area (Å²) in [6, 6.07) is 20.7. The van der Waals surface area contributed by atoms with Crippen LogP contribution in [0.2, 0.25) is 10.0 Å². The van der Waals surface area contributed by atoms with Gasteiger partial charge in [0.2, 0.25) is 0 Å². The zero-order valence-corrected chi connectivity index (χ0v) is 20.6. The van der Waals surface area contributed by atoms with Crippen molar-refractivity contribution >= 4 is 35.1 Å². The van der Waals surface area contributed by atoms with Crippen LogP contribution in [0.4, 0.5) is 0 Å². The number of ether oxygens (including phenoxy) is 1. The number of nitrogens with zero attached hydrogens (tertiary/aromatic N) is 2. The number of methoxy groups -OCH3 is 1. The molecule has 1 amide bonds. The number of esters is 1. The Bertz CT molecular complexity index is 1190. The SMILES string of the molecule is COC(=O)c1ccccc1C(=O)N1CCN(C(c2ccc(C)cc2)c2ccc(Cl)cc2Cl)CC1. The first-order valence-electron chi connectivity index (χ1n) is 11.1. The minimum absolute atomic E-state index is 0.0648. The van der Waals surface area contributed by atoms with E-state index in [1.807, 2.05) is 12.1 Å². The highest BCUT2D eigenvalue weighted by Gasteiger charge is 2.31. The number of rotatable bonds is 5. The fourth-order valence-corrected chi connectivity index (χ4v) is 4.88. The smallest absolute Gasteiger partial charge is 0.338 e. The molecule has 0 bridgehead atoms. The number of hydrogen-bond acceptors (Lipinski definition) is 4. The van der Waals surface area contributed by atoms with Gasteiger partial charge in [-0.15, -0.1) is 0 Å². The van der Waals surface area contributed by atoms with Crippen molar-refractivity contribution in [2.24, 2.45) is 0 Å². The molecule has 1 saturated heterocycles. The Morgan fingerprint density at radius 3 is 2.15 bits per heavy atom. The van der Waals surface area contributed by atoms with E-state index in [0.29, 0.717) is 41.8 Å². The van der Waals surface area contributed by atoms with Gasteiger partial charge < -0.3 is 9.64 Å². The molecule has 0 radical (unpaired) electrons. The van der Waals surface area contributed by atoms with Crippen molar-refractivity contribution < 1.29 is 14.3 Å². The molecule has 0 N–H and O–H groups in total. The number of halogens is 2. The van der Waals surface area contributed by atoms with Gasteiger partial charge in [0.1, 0.15) is 0 Å². The van der Waals surface area contributed by atoms with Crippen LogP contribution in [-0.4, -0.2) is 55.0 Å². The molecule has 1 atom stereocenters. The second-order valence-electron chi connectivity index (χ2n) is 8.34. The largest absolute Gasteiger partial charge is 0.465 e. The number of benzene rings is 3. The molecule has 0 aliphatic carbocycles. The number of carbonyl (C=O) groups excluding carboxylic acids is 2. The van der Waals surface area contributed by atoms with Crippen molar-refractivity contribution in [1.82, 2.24) is 9.80 Å². The summed E-state index contributed by atoms with van der Waals surface area (Å²) in [5.74, 6) is -0.684. The number of hydrogen-bond donors (Lipinski definition) is 0. The van der Waals surface area contributed by atoms with Gasteiger partial charge in [-0.25, -0.2) is 4.79 Å². The first kappa shape index (κ1) is 24.3. The van der Waals surface area contributed by atoms with Crippen LogP contribution < -0.4 is 0 Å². The van der Waals surface area contributed by atoms with Gasteiger partial charge in [0.05, 0.1) is 24.3 Å². The lowest BCUT2D eigenvalue weighted by molar-refractivity contribution is 0.0558. The summed E-state index contributed by atoms with van der Waals surface area (Å²) < 4.78 is 4.85. The summed E-state index contributed by atoms with van der Waals surface area (Å²) in [4.78, 5) is 29.5. The summed E-state index contributed by atoms with van der Waals surface area (Å²) in [5, 5.41) is 1.21. The molecule has 7 heteroatoms. The fourth-order valence-electron chi connectivity index (χ4n) is 4.37. The topological polar surface area (TPSA) is 49.9 Å². The molecular weight excluding hydrogens is 471 g/mol. The lowest BCUT2D eigenvalue weighted by Crippen LogP contribution is -2.50. The number of carbonyl (C=O) groups is 2. The normalized spacial score (nSPS) is 15.1. The van der Waals surface area contributed by atoms with Crippen LogP contribution in [0.1, 0.15) is 43.4 Å². The van der Waals surface area contributed by atoms with Gasteiger partial charge in [-0.3, -0.25) is 9.69 Å². The molecule has 1 heterocycles. The maximum Gasteiger partial charge on any atom is 0.338 e. The van der Waals surface area contributed by atoms with Crippen LogP contribution in [0.5, 0.6) is 0 Å². The Morgan fingerprint density at radius 2 is 1.53 bits per heavy atom. The van der Waals surface area contributed by atoms with Gasteiger partial charge >= 0.3 is 5.97 Å². The van der Waals surface area contributed by atoms with Gasteiger partial charge in [0.25, 0.3) is 5.91 Å². The molecular formula is C27H26Cl2N2O3. The molecule has 34 heavy (non-hydrogen) atoms. The van der Waals surface area contributed by atoms with E-state index in [1.165, 1.54) is 12.7 Å². The number of piperazine rings is 1. The predicted molar refractivity (Wildman–Crippen MR) is 135 cm³/mol. The van der Waals surface area contributed by atoms with Crippen LogP contribution in [0.3, 0.4) is 0 Å². The Hall–Kier alpha value is -2.86. The van der Waals surface area contributed by atoms with E-state index < -0.39 is 5.97 Å². The van der Waals surface area contributed by atoms with E-state index in [0.717, 1.165) is 11.1 Å². The molecule has 3 aromatic carbocycles. The Balaban J connectivity index is 1.58. The van der Waals surface area contributed by atoms with E-state index in [1.54, 1.807) is 35.2 Å². The maximum atomic E-state index is 13.3. The van der Waals surface area contributed by atoms with E-state index in [9.17, 15) is 9.59 Å². The third kappa shape index (κ3) is 5.12. The highest BCUT2D eigenvalue weighted by atomic mass is 35.5. The van der Waals surface area contributed by atoms with E-state index >= 15 is 0 Å². The minimum atomic E-state index is -0.514. The van der Waals surface area contributed by atoms with Crippen molar-refractivity contribution in [3.63, 3.8) is 0 Å². The minimum Gasteiger partial charge on any atom is -0.465 e. The second-order valence-corrected chi connectivity index (χ2v) is 9.19. The van der Waals surface area contributed by atoms with Crippen molar-refractivity contribution in [2.45, 2.75) is 13.0 Å². The lowest BCUT2D eigenvalue weighted by atomic mass is 9.95. The van der Waals surface area contributed by atoms with Gasteiger partial charge in [-0.05, 0) is 42.3 Å². The van der Waals surface area contributed by atoms with Gasteiger partial charge in [0.15, 0.2) is 0 Å². The third-order valence-electron chi connectivity index (χ3n) is 6.18. The molecule has 1 fully saturated rings. The number of amides is 1. The molecule has 4 rings (SSSR count).